The Bertz CT molecular complexity index is 690. The summed E-state index contributed by atoms with van der Waals surface area (Å²) in [6, 6.07) is 4.61. The average molecular weight is 277 g/mol. The molecule has 0 unspecified atom stereocenters. The molecule has 0 atom stereocenters. The van der Waals surface area contributed by atoms with Crippen LogP contribution in [-0.4, -0.2) is 17.0 Å². The van der Waals surface area contributed by atoms with Gasteiger partial charge in [0, 0.05) is 0 Å². The van der Waals surface area contributed by atoms with E-state index in [9.17, 15) is 14.0 Å². The molecule has 0 aliphatic rings. The van der Waals surface area contributed by atoms with Crippen LogP contribution in [0, 0.1) is 19.7 Å². The molecule has 1 heterocycles. The van der Waals surface area contributed by atoms with E-state index in [1.165, 1.54) is 6.07 Å². The van der Waals surface area contributed by atoms with Gasteiger partial charge in [-0.3, -0.25) is 4.79 Å². The highest BCUT2D eigenvalue weighted by Gasteiger charge is 2.17. The Labute approximate surface area is 114 Å². The molecule has 20 heavy (non-hydrogen) atoms. The fourth-order valence-corrected chi connectivity index (χ4v) is 1.85. The Kier molecular flexibility index (Phi) is 3.56. The highest BCUT2D eigenvalue weighted by molar-refractivity contribution is 6.08. The van der Waals surface area contributed by atoms with Gasteiger partial charge in [-0.15, -0.1) is 0 Å². The van der Waals surface area contributed by atoms with Crippen molar-refractivity contribution in [3.05, 3.63) is 52.7 Å². The molecule has 1 aromatic heterocycles. The molecular formula is C14H12FNO4. The van der Waals surface area contributed by atoms with Crippen molar-refractivity contribution in [2.24, 2.45) is 0 Å². The first-order valence-electron chi connectivity index (χ1n) is 5.79. The topological polar surface area (TPSA) is 79.5 Å². The first kappa shape index (κ1) is 13.8. The molecule has 1 aromatic carbocycles. The van der Waals surface area contributed by atoms with E-state index in [1.54, 1.807) is 13.8 Å². The first-order chi connectivity index (χ1) is 9.38. The third-order valence-electron chi connectivity index (χ3n) is 2.75. The summed E-state index contributed by atoms with van der Waals surface area (Å²) in [6.07, 6.45) is 0. The van der Waals surface area contributed by atoms with Crippen LogP contribution in [0.5, 0.6) is 0 Å². The predicted octanol–water partition coefficient (Wildman–Crippen LogP) is 2.99. The van der Waals surface area contributed by atoms with Gasteiger partial charge in [0.15, 0.2) is 0 Å². The lowest BCUT2D eigenvalue weighted by Gasteiger charge is -2.08. The molecular weight excluding hydrogens is 265 g/mol. The van der Waals surface area contributed by atoms with Crippen molar-refractivity contribution in [3.63, 3.8) is 0 Å². The molecule has 0 bridgehead atoms. The number of hydrogen-bond acceptors (Lipinski definition) is 3. The zero-order valence-electron chi connectivity index (χ0n) is 10.9. The molecule has 0 fully saturated rings. The van der Waals surface area contributed by atoms with E-state index in [0.29, 0.717) is 11.5 Å². The van der Waals surface area contributed by atoms with Gasteiger partial charge < -0.3 is 14.8 Å². The van der Waals surface area contributed by atoms with E-state index in [1.807, 2.05) is 0 Å². The van der Waals surface area contributed by atoms with Gasteiger partial charge in [0.05, 0.1) is 16.8 Å². The van der Waals surface area contributed by atoms with Crippen LogP contribution in [0.2, 0.25) is 0 Å². The maximum absolute atomic E-state index is 13.2. The molecule has 0 saturated carbocycles. The number of aryl methyl sites for hydroxylation is 2. The van der Waals surface area contributed by atoms with E-state index >= 15 is 0 Å². The summed E-state index contributed by atoms with van der Waals surface area (Å²) in [4.78, 5) is 23.1. The van der Waals surface area contributed by atoms with Crippen LogP contribution in [0.25, 0.3) is 0 Å². The number of rotatable bonds is 3. The summed E-state index contributed by atoms with van der Waals surface area (Å²) in [7, 11) is 0. The normalized spacial score (nSPS) is 10.3. The van der Waals surface area contributed by atoms with Gasteiger partial charge in [0.2, 0.25) is 0 Å². The number of halogens is 1. The number of hydrogen-bond donors (Lipinski definition) is 2. The lowest BCUT2D eigenvalue weighted by Crippen LogP contribution is -2.15. The second-order valence-corrected chi connectivity index (χ2v) is 4.28. The largest absolute Gasteiger partial charge is 0.478 e. The lowest BCUT2D eigenvalue weighted by atomic mass is 10.1. The highest BCUT2D eigenvalue weighted by atomic mass is 19.1. The fourth-order valence-electron chi connectivity index (χ4n) is 1.85. The molecule has 104 valence electrons. The lowest BCUT2D eigenvalue weighted by molar-refractivity contribution is 0.0698. The molecule has 0 aliphatic heterocycles. The van der Waals surface area contributed by atoms with Crippen molar-refractivity contribution in [3.8, 4) is 0 Å². The predicted molar refractivity (Wildman–Crippen MR) is 69.5 cm³/mol. The van der Waals surface area contributed by atoms with E-state index in [2.05, 4.69) is 5.32 Å². The van der Waals surface area contributed by atoms with Gasteiger partial charge >= 0.3 is 5.97 Å². The molecule has 2 N–H and O–H groups in total. The molecule has 0 saturated heterocycles. The molecule has 2 rings (SSSR count). The van der Waals surface area contributed by atoms with Gasteiger partial charge in [-0.2, -0.15) is 0 Å². The summed E-state index contributed by atoms with van der Waals surface area (Å²) >= 11 is 0. The number of carbonyl (C=O) groups excluding carboxylic acids is 1. The molecule has 0 aliphatic carbocycles. The Balaban J connectivity index is 2.34. The SMILES string of the molecule is Cc1cc(C(=O)Nc2cc(F)ccc2C(=O)O)c(C)o1. The summed E-state index contributed by atoms with van der Waals surface area (Å²) < 4.78 is 18.4. The zero-order chi connectivity index (χ0) is 14.9. The van der Waals surface area contributed by atoms with E-state index in [-0.39, 0.29) is 16.8 Å². The summed E-state index contributed by atoms with van der Waals surface area (Å²) in [6.45, 7) is 3.31. The minimum atomic E-state index is -1.25. The van der Waals surface area contributed by atoms with Crippen molar-refractivity contribution in [1.82, 2.24) is 0 Å². The Hall–Kier alpha value is -2.63. The standard InChI is InChI=1S/C14H12FNO4/c1-7-5-11(8(2)20-7)13(17)16-12-6-9(15)3-4-10(12)14(18)19/h3-6H,1-2H3,(H,16,17)(H,18,19). The number of carboxylic acid groups (broad SMARTS) is 1. The van der Waals surface area contributed by atoms with Crippen molar-refractivity contribution in [1.29, 1.82) is 0 Å². The minimum Gasteiger partial charge on any atom is -0.478 e. The van der Waals surface area contributed by atoms with Crippen LogP contribution < -0.4 is 5.32 Å². The molecule has 0 radical (unpaired) electrons. The minimum absolute atomic E-state index is 0.0965. The van der Waals surface area contributed by atoms with Crippen LogP contribution in [-0.2, 0) is 0 Å². The summed E-state index contributed by atoms with van der Waals surface area (Å²) in [5, 5.41) is 11.4. The Morgan fingerprint density at radius 1 is 1.20 bits per heavy atom. The monoisotopic (exact) mass is 277 g/mol. The third-order valence-corrected chi connectivity index (χ3v) is 2.75. The van der Waals surface area contributed by atoms with Gasteiger partial charge in [-0.1, -0.05) is 0 Å². The van der Waals surface area contributed by atoms with Crippen molar-refractivity contribution >= 4 is 17.6 Å². The van der Waals surface area contributed by atoms with E-state index in [0.717, 1.165) is 18.2 Å². The van der Waals surface area contributed by atoms with Crippen LogP contribution in [0.1, 0.15) is 32.2 Å². The van der Waals surface area contributed by atoms with E-state index in [4.69, 9.17) is 9.52 Å². The van der Waals surface area contributed by atoms with Gasteiger partial charge in [0.25, 0.3) is 5.91 Å². The molecule has 1 amide bonds. The van der Waals surface area contributed by atoms with Gasteiger partial charge in [-0.05, 0) is 38.1 Å². The van der Waals surface area contributed by atoms with Gasteiger partial charge in [-0.25, -0.2) is 9.18 Å². The number of furan rings is 1. The van der Waals surface area contributed by atoms with Crippen molar-refractivity contribution < 1.29 is 23.5 Å². The van der Waals surface area contributed by atoms with Gasteiger partial charge in [0.1, 0.15) is 17.3 Å². The maximum atomic E-state index is 13.2. The summed E-state index contributed by atoms with van der Waals surface area (Å²) in [5.74, 6) is -1.46. The molecule has 2 aromatic rings. The molecule has 6 heteroatoms. The quantitative estimate of drug-likeness (QED) is 0.903. The smallest absolute Gasteiger partial charge is 0.337 e. The zero-order valence-corrected chi connectivity index (χ0v) is 10.9. The molecule has 5 nitrogen and oxygen atoms in total. The van der Waals surface area contributed by atoms with Crippen LogP contribution in [0.4, 0.5) is 10.1 Å². The second-order valence-electron chi connectivity index (χ2n) is 4.28. The van der Waals surface area contributed by atoms with E-state index < -0.39 is 17.7 Å². The van der Waals surface area contributed by atoms with Crippen LogP contribution in [0.15, 0.2) is 28.7 Å². The fraction of sp³-hybridized carbons (Fsp3) is 0.143. The Morgan fingerprint density at radius 2 is 1.90 bits per heavy atom. The number of carboxylic acids is 1. The number of amides is 1. The maximum Gasteiger partial charge on any atom is 0.337 e. The number of carbonyl (C=O) groups is 2. The van der Waals surface area contributed by atoms with Crippen molar-refractivity contribution in [2.75, 3.05) is 5.32 Å². The van der Waals surface area contributed by atoms with Crippen LogP contribution >= 0.6 is 0 Å². The Morgan fingerprint density at radius 3 is 2.45 bits per heavy atom. The second kappa shape index (κ2) is 5.16. The average Bonchev–Trinajstić information content (AvgIpc) is 2.68. The number of nitrogens with one attached hydrogen (secondary N) is 1. The number of aromatic carboxylic acids is 1. The first-order valence-corrected chi connectivity index (χ1v) is 5.79. The molecule has 0 spiro atoms. The third kappa shape index (κ3) is 2.69. The van der Waals surface area contributed by atoms with Crippen LogP contribution in [0.3, 0.4) is 0 Å². The number of anilines is 1. The summed E-state index contributed by atoms with van der Waals surface area (Å²) in [5.41, 5.74) is 0.00136. The highest BCUT2D eigenvalue weighted by Crippen LogP contribution is 2.20. The number of benzene rings is 1. The van der Waals surface area contributed by atoms with Crippen molar-refractivity contribution in [2.45, 2.75) is 13.8 Å².